The Kier molecular flexibility index (Phi) is 9.59. The van der Waals surface area contributed by atoms with E-state index in [2.05, 4.69) is 52.3 Å². The summed E-state index contributed by atoms with van der Waals surface area (Å²) in [5.74, 6) is 1.30. The Labute approximate surface area is 225 Å². The van der Waals surface area contributed by atoms with Gasteiger partial charge in [0.15, 0.2) is 0 Å². The molecule has 2 heterocycles. The van der Waals surface area contributed by atoms with Crippen LogP contribution in [0.1, 0.15) is 18.4 Å². The minimum atomic E-state index is 0.0134. The van der Waals surface area contributed by atoms with Crippen molar-refractivity contribution < 1.29 is 9.53 Å². The summed E-state index contributed by atoms with van der Waals surface area (Å²) in [6.45, 7) is 8.22. The first kappa shape index (κ1) is 27.0. The van der Waals surface area contributed by atoms with E-state index in [1.807, 2.05) is 47.4 Å². The van der Waals surface area contributed by atoms with Crippen molar-refractivity contribution in [1.29, 1.82) is 0 Å². The number of aromatic nitrogens is 2. The molecule has 8 nitrogen and oxygen atoms in total. The first-order valence-corrected chi connectivity index (χ1v) is 13.1. The van der Waals surface area contributed by atoms with E-state index in [4.69, 9.17) is 10.5 Å². The molecule has 200 valence electrons. The molecule has 0 saturated carbocycles. The van der Waals surface area contributed by atoms with E-state index in [1.54, 1.807) is 6.20 Å². The molecular formula is C30H38N6O2. The van der Waals surface area contributed by atoms with Crippen molar-refractivity contribution in [3.8, 4) is 17.0 Å². The van der Waals surface area contributed by atoms with Crippen LogP contribution < -0.4 is 15.8 Å². The van der Waals surface area contributed by atoms with Gasteiger partial charge in [-0.3, -0.25) is 14.8 Å². The van der Waals surface area contributed by atoms with Crippen LogP contribution >= 0.6 is 0 Å². The molecule has 1 fully saturated rings. The Morgan fingerprint density at radius 2 is 2.18 bits per heavy atom. The van der Waals surface area contributed by atoms with Crippen LogP contribution in [0.4, 0.5) is 11.4 Å². The van der Waals surface area contributed by atoms with Crippen molar-refractivity contribution in [2.75, 3.05) is 50.9 Å². The van der Waals surface area contributed by atoms with Gasteiger partial charge in [-0.25, -0.2) is 0 Å². The lowest BCUT2D eigenvalue weighted by Gasteiger charge is -2.18. The largest absolute Gasteiger partial charge is 0.493 e. The van der Waals surface area contributed by atoms with Gasteiger partial charge < -0.3 is 20.7 Å². The number of H-pyrrole nitrogens is 1. The number of benzene rings is 2. The van der Waals surface area contributed by atoms with Crippen LogP contribution in [0.25, 0.3) is 11.3 Å². The maximum Gasteiger partial charge on any atom is 0.245 e. The molecule has 0 bridgehead atoms. The number of nitrogens with zero attached hydrogens (tertiary/aromatic N) is 3. The number of nitrogen functional groups attached to an aromatic ring is 1. The Hall–Kier alpha value is -4.04. The number of amides is 1. The maximum atomic E-state index is 11.8. The number of ether oxygens (including phenoxy) is 1. The maximum absolute atomic E-state index is 11.8. The summed E-state index contributed by atoms with van der Waals surface area (Å²) in [6.07, 6.45) is 9.30. The summed E-state index contributed by atoms with van der Waals surface area (Å²) in [4.78, 5) is 15.9. The quantitative estimate of drug-likeness (QED) is 0.134. The predicted molar refractivity (Wildman–Crippen MR) is 154 cm³/mol. The smallest absolute Gasteiger partial charge is 0.245 e. The molecule has 1 atom stereocenters. The highest BCUT2D eigenvalue weighted by Crippen LogP contribution is 2.23. The van der Waals surface area contributed by atoms with E-state index >= 15 is 0 Å². The fourth-order valence-electron chi connectivity index (χ4n) is 4.67. The van der Waals surface area contributed by atoms with E-state index in [9.17, 15) is 4.79 Å². The first-order chi connectivity index (χ1) is 18.5. The molecule has 0 aliphatic carbocycles. The SMILES string of the molecule is C=CC(=O)N1CCC(CNc2cc(N)cc(CN(C)C/C=C/CCOc3cccc(-c4ccn[nH]4)c3)c2)C1. The van der Waals surface area contributed by atoms with Crippen molar-refractivity contribution in [2.45, 2.75) is 19.4 Å². The molecule has 1 aromatic heterocycles. The van der Waals surface area contributed by atoms with Crippen LogP contribution in [0, 0.1) is 5.92 Å². The summed E-state index contributed by atoms with van der Waals surface area (Å²) < 4.78 is 5.91. The third kappa shape index (κ3) is 7.98. The molecule has 4 N–H and O–H groups in total. The number of rotatable bonds is 13. The number of likely N-dealkylation sites (tertiary alicyclic amines) is 1. The second-order valence-electron chi connectivity index (χ2n) is 9.79. The normalized spacial score (nSPS) is 15.3. The summed E-state index contributed by atoms with van der Waals surface area (Å²) in [5, 5.41) is 10.5. The molecule has 38 heavy (non-hydrogen) atoms. The Morgan fingerprint density at radius 1 is 1.29 bits per heavy atom. The molecule has 1 amide bonds. The standard InChI is InChI=1S/C30H38N6O2/c1-3-30(37)36-14-11-23(22-36)20-32-27-17-24(16-26(31)19-27)21-35(2)13-5-4-6-15-38-28-9-7-8-25(18-28)29-10-12-33-34-29/h3-5,7-10,12,16-19,23,32H,1,6,11,13-15,20-22,31H2,2H3,(H,33,34)/b5-4+. The molecular weight excluding hydrogens is 476 g/mol. The lowest BCUT2D eigenvalue weighted by atomic mass is 10.1. The molecule has 4 rings (SSSR count). The number of hydrogen-bond donors (Lipinski definition) is 3. The molecule has 1 aliphatic heterocycles. The van der Waals surface area contributed by atoms with Gasteiger partial charge in [0.1, 0.15) is 5.75 Å². The zero-order valence-electron chi connectivity index (χ0n) is 22.1. The van der Waals surface area contributed by atoms with Crippen molar-refractivity contribution >= 4 is 17.3 Å². The van der Waals surface area contributed by atoms with E-state index in [-0.39, 0.29) is 5.91 Å². The summed E-state index contributed by atoms with van der Waals surface area (Å²) in [7, 11) is 2.10. The van der Waals surface area contributed by atoms with Gasteiger partial charge in [0.25, 0.3) is 0 Å². The molecule has 1 saturated heterocycles. The zero-order valence-corrected chi connectivity index (χ0v) is 22.1. The van der Waals surface area contributed by atoms with Crippen LogP contribution in [0.3, 0.4) is 0 Å². The lowest BCUT2D eigenvalue weighted by Crippen LogP contribution is -2.27. The van der Waals surface area contributed by atoms with Crippen LogP contribution in [0.5, 0.6) is 5.75 Å². The molecule has 1 aliphatic rings. The van der Waals surface area contributed by atoms with E-state index in [0.717, 1.165) is 73.9 Å². The molecule has 1 unspecified atom stereocenters. The van der Waals surface area contributed by atoms with Crippen molar-refractivity contribution in [3.05, 3.63) is 85.1 Å². The molecule has 0 radical (unpaired) electrons. The number of carbonyl (C=O) groups is 1. The Balaban J connectivity index is 1.17. The molecule has 8 heteroatoms. The summed E-state index contributed by atoms with van der Waals surface area (Å²) in [5.41, 5.74) is 11.1. The minimum Gasteiger partial charge on any atom is -0.493 e. The van der Waals surface area contributed by atoms with E-state index < -0.39 is 0 Å². The third-order valence-electron chi connectivity index (χ3n) is 6.62. The van der Waals surface area contributed by atoms with Crippen LogP contribution in [-0.4, -0.2) is 65.7 Å². The average molecular weight is 515 g/mol. The highest BCUT2D eigenvalue weighted by atomic mass is 16.5. The summed E-state index contributed by atoms with van der Waals surface area (Å²) in [6, 6.07) is 16.1. The Morgan fingerprint density at radius 3 is 3.00 bits per heavy atom. The van der Waals surface area contributed by atoms with Crippen LogP contribution in [0.2, 0.25) is 0 Å². The number of anilines is 2. The first-order valence-electron chi connectivity index (χ1n) is 13.1. The fourth-order valence-corrected chi connectivity index (χ4v) is 4.67. The second kappa shape index (κ2) is 13.5. The van der Waals surface area contributed by atoms with E-state index in [0.29, 0.717) is 12.5 Å². The van der Waals surface area contributed by atoms with Gasteiger partial charge >= 0.3 is 0 Å². The van der Waals surface area contributed by atoms with Crippen LogP contribution in [0.15, 0.2) is 79.5 Å². The van der Waals surface area contributed by atoms with E-state index in [1.165, 1.54) is 11.6 Å². The van der Waals surface area contributed by atoms with Crippen LogP contribution in [-0.2, 0) is 11.3 Å². The predicted octanol–water partition coefficient (Wildman–Crippen LogP) is 4.56. The number of carbonyl (C=O) groups excluding carboxylic acids is 1. The van der Waals surface area contributed by atoms with Crippen molar-refractivity contribution in [1.82, 2.24) is 20.0 Å². The second-order valence-corrected chi connectivity index (χ2v) is 9.79. The minimum absolute atomic E-state index is 0.0134. The number of hydrogen-bond acceptors (Lipinski definition) is 6. The third-order valence-corrected chi connectivity index (χ3v) is 6.62. The van der Waals surface area contributed by atoms with Gasteiger partial charge in [0.05, 0.1) is 12.3 Å². The zero-order chi connectivity index (χ0) is 26.7. The van der Waals surface area contributed by atoms with Gasteiger partial charge in [0.2, 0.25) is 5.91 Å². The summed E-state index contributed by atoms with van der Waals surface area (Å²) >= 11 is 0. The molecule has 2 aromatic carbocycles. The molecule has 0 spiro atoms. The highest BCUT2D eigenvalue weighted by Gasteiger charge is 2.24. The molecule has 3 aromatic rings. The van der Waals surface area contributed by atoms with Gasteiger partial charge in [0, 0.05) is 55.9 Å². The van der Waals surface area contributed by atoms with Gasteiger partial charge in [-0.2, -0.15) is 5.10 Å². The topological polar surface area (TPSA) is 99.5 Å². The van der Waals surface area contributed by atoms with Gasteiger partial charge in [-0.15, -0.1) is 0 Å². The average Bonchev–Trinajstić information content (AvgIpc) is 3.62. The van der Waals surface area contributed by atoms with Crippen molar-refractivity contribution in [2.24, 2.45) is 5.92 Å². The highest BCUT2D eigenvalue weighted by molar-refractivity contribution is 5.87. The van der Waals surface area contributed by atoms with Crippen molar-refractivity contribution in [3.63, 3.8) is 0 Å². The number of nitrogens with two attached hydrogens (primary N) is 1. The number of aromatic amines is 1. The number of nitrogens with one attached hydrogen (secondary N) is 2. The van der Waals surface area contributed by atoms with Gasteiger partial charge in [-0.05, 0) is 73.8 Å². The Bertz CT molecular complexity index is 1220. The fraction of sp³-hybridized carbons (Fsp3) is 0.333. The lowest BCUT2D eigenvalue weighted by molar-refractivity contribution is -0.125. The number of likely N-dealkylation sites (N-methyl/N-ethyl adjacent to an activating group) is 1. The monoisotopic (exact) mass is 514 g/mol. The van der Waals surface area contributed by atoms with Gasteiger partial charge in [-0.1, -0.05) is 30.9 Å².